The van der Waals surface area contributed by atoms with Crippen LogP contribution in [-0.4, -0.2) is 0 Å². The van der Waals surface area contributed by atoms with Crippen molar-refractivity contribution < 1.29 is 0 Å². The molecule has 8 N–H and O–H groups in total. The lowest BCUT2D eigenvalue weighted by Crippen LogP contribution is -2.01. The van der Waals surface area contributed by atoms with Gasteiger partial charge in [0.05, 0.1) is 17.1 Å². The van der Waals surface area contributed by atoms with Gasteiger partial charge in [0, 0.05) is 11.3 Å². The Labute approximate surface area is 93.8 Å². The lowest BCUT2D eigenvalue weighted by Gasteiger charge is -2.10. The smallest absolute Gasteiger partial charge is 0.0787 e. The number of anilines is 4. The number of benzene rings is 2. The Bertz CT molecular complexity index is 535. The number of rotatable bonds is 1. The van der Waals surface area contributed by atoms with Gasteiger partial charge < -0.3 is 22.9 Å². The van der Waals surface area contributed by atoms with Crippen LogP contribution >= 0.6 is 0 Å². The predicted molar refractivity (Wildman–Crippen MR) is 69.5 cm³/mol. The first-order chi connectivity index (χ1) is 7.59. The summed E-state index contributed by atoms with van der Waals surface area (Å²) in [6.45, 7) is 0. The molecule has 0 fully saturated rings. The number of hydrogen-bond acceptors (Lipinski definition) is 4. The molecule has 2 aromatic rings. The molecule has 0 aliphatic rings. The second-order valence-electron chi connectivity index (χ2n) is 3.66. The quantitative estimate of drug-likeness (QED) is 0.542. The average molecular weight is 214 g/mol. The molecule has 0 saturated carbocycles. The molecule has 82 valence electrons. The molecule has 0 aliphatic carbocycles. The molecule has 2 rings (SSSR count). The van der Waals surface area contributed by atoms with Crippen LogP contribution in [0.5, 0.6) is 0 Å². The largest absolute Gasteiger partial charge is 0.399 e. The summed E-state index contributed by atoms with van der Waals surface area (Å²) in [6, 6.07) is 11.1. The van der Waals surface area contributed by atoms with Crippen LogP contribution in [0.4, 0.5) is 22.7 Å². The highest BCUT2D eigenvalue weighted by Crippen LogP contribution is 2.34. The van der Waals surface area contributed by atoms with Gasteiger partial charge in [-0.2, -0.15) is 0 Å². The molecule has 0 unspecified atom stereocenters. The van der Waals surface area contributed by atoms with Gasteiger partial charge in [0.15, 0.2) is 0 Å². The van der Waals surface area contributed by atoms with Crippen LogP contribution < -0.4 is 22.9 Å². The van der Waals surface area contributed by atoms with E-state index in [0.29, 0.717) is 22.7 Å². The van der Waals surface area contributed by atoms with Gasteiger partial charge in [-0.05, 0) is 23.8 Å². The molecule has 4 nitrogen and oxygen atoms in total. The molecule has 0 radical (unpaired) electrons. The first-order valence-electron chi connectivity index (χ1n) is 4.89. The summed E-state index contributed by atoms with van der Waals surface area (Å²) in [4.78, 5) is 0. The third kappa shape index (κ3) is 1.61. The number of hydrogen-bond donors (Lipinski definition) is 4. The van der Waals surface area contributed by atoms with Crippen LogP contribution in [0.15, 0.2) is 36.4 Å². The van der Waals surface area contributed by atoms with Gasteiger partial charge in [0.2, 0.25) is 0 Å². The molecule has 0 spiro atoms. The molecule has 0 aliphatic heterocycles. The van der Waals surface area contributed by atoms with Gasteiger partial charge in [-0.15, -0.1) is 0 Å². The van der Waals surface area contributed by atoms with E-state index in [4.69, 9.17) is 22.9 Å². The van der Waals surface area contributed by atoms with Crippen LogP contribution in [0, 0.1) is 0 Å². The van der Waals surface area contributed by atoms with Gasteiger partial charge in [0.1, 0.15) is 0 Å². The van der Waals surface area contributed by atoms with Gasteiger partial charge in [-0.25, -0.2) is 0 Å². The van der Waals surface area contributed by atoms with Crippen molar-refractivity contribution in [3.8, 4) is 11.1 Å². The molecule has 4 heteroatoms. The lowest BCUT2D eigenvalue weighted by atomic mass is 10.0. The summed E-state index contributed by atoms with van der Waals surface area (Å²) >= 11 is 0. The summed E-state index contributed by atoms with van der Waals surface area (Å²) in [5.41, 5.74) is 26.9. The Hall–Kier alpha value is -2.36. The summed E-state index contributed by atoms with van der Waals surface area (Å²) in [5, 5.41) is 0. The lowest BCUT2D eigenvalue weighted by molar-refractivity contribution is 1.59. The van der Waals surface area contributed by atoms with Gasteiger partial charge in [-0.1, -0.05) is 18.2 Å². The van der Waals surface area contributed by atoms with E-state index in [0.717, 1.165) is 11.1 Å². The molecule has 0 heterocycles. The normalized spacial score (nSPS) is 10.2. The third-order valence-electron chi connectivity index (χ3n) is 2.52. The average Bonchev–Trinajstić information content (AvgIpc) is 2.26. The van der Waals surface area contributed by atoms with Crippen molar-refractivity contribution >= 4 is 22.7 Å². The van der Waals surface area contributed by atoms with Gasteiger partial charge in [-0.3, -0.25) is 0 Å². The monoisotopic (exact) mass is 214 g/mol. The predicted octanol–water partition coefficient (Wildman–Crippen LogP) is 1.68. The fourth-order valence-corrected chi connectivity index (χ4v) is 1.61. The Kier molecular flexibility index (Phi) is 2.32. The topological polar surface area (TPSA) is 104 Å². The zero-order chi connectivity index (χ0) is 11.7. The van der Waals surface area contributed by atoms with Crippen molar-refractivity contribution in [3.63, 3.8) is 0 Å². The highest BCUT2D eigenvalue weighted by Gasteiger charge is 2.07. The molecule has 0 aromatic heterocycles. The van der Waals surface area contributed by atoms with Crippen LogP contribution in [0.2, 0.25) is 0 Å². The fourth-order valence-electron chi connectivity index (χ4n) is 1.61. The Balaban J connectivity index is 2.61. The van der Waals surface area contributed by atoms with Crippen molar-refractivity contribution in [1.29, 1.82) is 0 Å². The van der Waals surface area contributed by atoms with Crippen molar-refractivity contribution in [2.45, 2.75) is 0 Å². The standard InChI is InChI=1S/C12H14N4/c13-8-3-1-2-7(6-8)9-4-5-10(14)12(16)11(9)15/h1-6H,13-16H2. The van der Waals surface area contributed by atoms with Crippen molar-refractivity contribution in [2.75, 3.05) is 22.9 Å². The van der Waals surface area contributed by atoms with E-state index >= 15 is 0 Å². The summed E-state index contributed by atoms with van der Waals surface area (Å²) in [6.07, 6.45) is 0. The molecule has 0 bridgehead atoms. The minimum Gasteiger partial charge on any atom is -0.399 e. The molecule has 2 aromatic carbocycles. The summed E-state index contributed by atoms with van der Waals surface area (Å²) in [7, 11) is 0. The Morgan fingerprint density at radius 1 is 0.750 bits per heavy atom. The van der Waals surface area contributed by atoms with Crippen molar-refractivity contribution in [1.82, 2.24) is 0 Å². The number of nitrogen functional groups attached to an aromatic ring is 4. The SMILES string of the molecule is Nc1cccc(-c2ccc(N)c(N)c2N)c1. The Morgan fingerprint density at radius 2 is 1.50 bits per heavy atom. The summed E-state index contributed by atoms with van der Waals surface area (Å²) < 4.78 is 0. The maximum absolute atomic E-state index is 5.92. The number of nitrogens with two attached hydrogens (primary N) is 4. The van der Waals surface area contributed by atoms with Gasteiger partial charge in [0.25, 0.3) is 0 Å². The van der Waals surface area contributed by atoms with E-state index in [1.54, 1.807) is 6.07 Å². The molecule has 0 atom stereocenters. The van der Waals surface area contributed by atoms with Crippen LogP contribution in [-0.2, 0) is 0 Å². The molecule has 0 saturated heterocycles. The first-order valence-corrected chi connectivity index (χ1v) is 4.89. The third-order valence-corrected chi connectivity index (χ3v) is 2.52. The molecular weight excluding hydrogens is 200 g/mol. The zero-order valence-electron chi connectivity index (χ0n) is 8.77. The second-order valence-corrected chi connectivity index (χ2v) is 3.66. The highest BCUT2D eigenvalue weighted by molar-refractivity contribution is 5.90. The van der Waals surface area contributed by atoms with Crippen molar-refractivity contribution in [3.05, 3.63) is 36.4 Å². The molecular formula is C12H14N4. The van der Waals surface area contributed by atoms with E-state index in [9.17, 15) is 0 Å². The van der Waals surface area contributed by atoms with Crippen molar-refractivity contribution in [2.24, 2.45) is 0 Å². The van der Waals surface area contributed by atoms with Gasteiger partial charge >= 0.3 is 0 Å². The summed E-state index contributed by atoms with van der Waals surface area (Å²) in [5.74, 6) is 0. The van der Waals surface area contributed by atoms with E-state index in [1.165, 1.54) is 0 Å². The minimum absolute atomic E-state index is 0.417. The molecule has 0 amide bonds. The first kappa shape index (κ1) is 10.2. The van der Waals surface area contributed by atoms with Crippen LogP contribution in [0.1, 0.15) is 0 Å². The van der Waals surface area contributed by atoms with E-state index in [1.807, 2.05) is 30.3 Å². The highest BCUT2D eigenvalue weighted by atomic mass is 14.7. The van der Waals surface area contributed by atoms with E-state index < -0.39 is 0 Å². The Morgan fingerprint density at radius 3 is 2.19 bits per heavy atom. The minimum atomic E-state index is 0.417. The van der Waals surface area contributed by atoms with Crippen LogP contribution in [0.3, 0.4) is 0 Å². The van der Waals surface area contributed by atoms with E-state index in [2.05, 4.69) is 0 Å². The maximum atomic E-state index is 5.92. The maximum Gasteiger partial charge on any atom is 0.0787 e. The van der Waals surface area contributed by atoms with E-state index in [-0.39, 0.29) is 0 Å². The fraction of sp³-hybridized carbons (Fsp3) is 0. The van der Waals surface area contributed by atoms with Crippen LogP contribution in [0.25, 0.3) is 11.1 Å². The second kappa shape index (κ2) is 3.66. The zero-order valence-corrected chi connectivity index (χ0v) is 8.77. The molecule has 16 heavy (non-hydrogen) atoms.